The van der Waals surface area contributed by atoms with Crippen molar-refractivity contribution in [3.63, 3.8) is 0 Å². The van der Waals surface area contributed by atoms with Crippen molar-refractivity contribution in [3.8, 4) is 0 Å². The van der Waals surface area contributed by atoms with Gasteiger partial charge in [-0.25, -0.2) is 4.98 Å². The zero-order valence-corrected chi connectivity index (χ0v) is 9.46. The number of aryl methyl sites for hydroxylation is 1. The lowest BCUT2D eigenvalue weighted by atomic mass is 9.98. The van der Waals surface area contributed by atoms with E-state index in [1.54, 1.807) is 6.33 Å². The van der Waals surface area contributed by atoms with Gasteiger partial charge in [-0.1, -0.05) is 0 Å². The third kappa shape index (κ3) is 2.41. The van der Waals surface area contributed by atoms with E-state index in [0.29, 0.717) is 6.54 Å². The molecule has 0 bridgehead atoms. The first-order valence-corrected chi connectivity index (χ1v) is 5.57. The fourth-order valence-corrected chi connectivity index (χ4v) is 2.17. The Morgan fingerprint density at radius 1 is 1.69 bits per heavy atom. The summed E-state index contributed by atoms with van der Waals surface area (Å²) < 4.78 is 1.98. The molecule has 5 heteroatoms. The summed E-state index contributed by atoms with van der Waals surface area (Å²) in [7, 11) is 1.96. The van der Waals surface area contributed by atoms with E-state index in [1.807, 2.05) is 17.8 Å². The van der Waals surface area contributed by atoms with Crippen LogP contribution in [0, 0.1) is 5.92 Å². The van der Waals surface area contributed by atoms with Gasteiger partial charge in [-0.15, -0.1) is 0 Å². The van der Waals surface area contributed by atoms with Crippen molar-refractivity contribution in [2.45, 2.75) is 19.4 Å². The molecule has 1 aliphatic rings. The van der Waals surface area contributed by atoms with Crippen molar-refractivity contribution in [2.24, 2.45) is 13.0 Å². The summed E-state index contributed by atoms with van der Waals surface area (Å²) >= 11 is 0. The van der Waals surface area contributed by atoms with Gasteiger partial charge in [0.05, 0.1) is 17.9 Å². The number of aliphatic carboxylic acids is 1. The van der Waals surface area contributed by atoms with E-state index in [-0.39, 0.29) is 5.92 Å². The van der Waals surface area contributed by atoms with Gasteiger partial charge >= 0.3 is 5.97 Å². The van der Waals surface area contributed by atoms with Crippen LogP contribution in [-0.2, 0) is 18.4 Å². The van der Waals surface area contributed by atoms with Gasteiger partial charge in [-0.05, 0) is 19.4 Å². The lowest BCUT2D eigenvalue weighted by Gasteiger charge is -2.30. The third-order valence-electron chi connectivity index (χ3n) is 3.16. The van der Waals surface area contributed by atoms with Crippen LogP contribution in [0.1, 0.15) is 18.5 Å². The average Bonchev–Trinajstić information content (AvgIpc) is 2.65. The minimum Gasteiger partial charge on any atom is -0.481 e. The molecular weight excluding hydrogens is 206 g/mol. The minimum absolute atomic E-state index is 0.207. The number of rotatable bonds is 3. The standard InChI is InChI=1S/C11H17N3O2/c1-13-8-12-5-10(13)7-14-4-2-3-9(6-14)11(15)16/h5,8-9H,2-4,6-7H2,1H3,(H,15,16). The molecule has 0 aliphatic carbocycles. The maximum atomic E-state index is 10.9. The Labute approximate surface area is 94.7 Å². The zero-order valence-electron chi connectivity index (χ0n) is 9.46. The number of hydrogen-bond donors (Lipinski definition) is 1. The topological polar surface area (TPSA) is 58.4 Å². The lowest BCUT2D eigenvalue weighted by molar-refractivity contribution is -0.143. The number of carbonyl (C=O) groups is 1. The Morgan fingerprint density at radius 3 is 3.12 bits per heavy atom. The summed E-state index contributed by atoms with van der Waals surface area (Å²) in [5, 5.41) is 8.99. The van der Waals surface area contributed by atoms with Gasteiger partial charge in [-0.3, -0.25) is 9.69 Å². The lowest BCUT2D eigenvalue weighted by Crippen LogP contribution is -2.38. The number of carboxylic acids is 1. The van der Waals surface area contributed by atoms with E-state index >= 15 is 0 Å². The second kappa shape index (κ2) is 4.65. The highest BCUT2D eigenvalue weighted by Gasteiger charge is 2.25. The van der Waals surface area contributed by atoms with Gasteiger partial charge < -0.3 is 9.67 Å². The molecule has 2 heterocycles. The first kappa shape index (κ1) is 11.1. The molecule has 1 fully saturated rings. The van der Waals surface area contributed by atoms with Gasteiger partial charge in [0.25, 0.3) is 0 Å². The van der Waals surface area contributed by atoms with Gasteiger partial charge in [-0.2, -0.15) is 0 Å². The van der Waals surface area contributed by atoms with E-state index < -0.39 is 5.97 Å². The highest BCUT2D eigenvalue weighted by Crippen LogP contribution is 2.18. The summed E-state index contributed by atoms with van der Waals surface area (Å²) in [5.41, 5.74) is 1.13. The van der Waals surface area contributed by atoms with E-state index in [0.717, 1.165) is 31.6 Å². The normalized spacial score (nSPS) is 22.2. The molecule has 88 valence electrons. The fourth-order valence-electron chi connectivity index (χ4n) is 2.17. The Balaban J connectivity index is 1.95. The highest BCUT2D eigenvalue weighted by atomic mass is 16.4. The third-order valence-corrected chi connectivity index (χ3v) is 3.16. The van der Waals surface area contributed by atoms with E-state index in [9.17, 15) is 4.79 Å². The Hall–Kier alpha value is -1.36. The van der Waals surface area contributed by atoms with Crippen LogP contribution in [-0.4, -0.2) is 38.6 Å². The molecule has 1 unspecified atom stereocenters. The van der Waals surface area contributed by atoms with E-state index in [2.05, 4.69) is 9.88 Å². The fraction of sp³-hybridized carbons (Fsp3) is 0.636. The molecule has 1 aliphatic heterocycles. The quantitative estimate of drug-likeness (QED) is 0.820. The van der Waals surface area contributed by atoms with Gasteiger partial charge in [0.2, 0.25) is 0 Å². The molecule has 0 radical (unpaired) electrons. The molecule has 1 saturated heterocycles. The number of likely N-dealkylation sites (tertiary alicyclic amines) is 1. The van der Waals surface area contributed by atoms with Crippen LogP contribution in [0.3, 0.4) is 0 Å². The van der Waals surface area contributed by atoms with Gasteiger partial charge in [0.1, 0.15) is 0 Å². The molecule has 16 heavy (non-hydrogen) atoms. The Bertz CT molecular complexity index is 375. The highest BCUT2D eigenvalue weighted by molar-refractivity contribution is 5.70. The molecule has 0 spiro atoms. The van der Waals surface area contributed by atoms with Crippen LogP contribution in [0.25, 0.3) is 0 Å². The molecule has 1 aromatic rings. The molecule has 0 amide bonds. The SMILES string of the molecule is Cn1cncc1CN1CCCC(C(=O)O)C1. The number of aromatic nitrogens is 2. The first-order valence-electron chi connectivity index (χ1n) is 5.57. The van der Waals surface area contributed by atoms with Crippen LogP contribution >= 0.6 is 0 Å². The number of hydrogen-bond acceptors (Lipinski definition) is 3. The predicted octanol–water partition coefficient (Wildman–Crippen LogP) is 0.717. The predicted molar refractivity (Wildman–Crippen MR) is 58.8 cm³/mol. The monoisotopic (exact) mass is 223 g/mol. The van der Waals surface area contributed by atoms with Crippen LogP contribution < -0.4 is 0 Å². The van der Waals surface area contributed by atoms with E-state index in [4.69, 9.17) is 5.11 Å². The number of imidazole rings is 1. The van der Waals surface area contributed by atoms with Crippen molar-refractivity contribution >= 4 is 5.97 Å². The maximum absolute atomic E-state index is 10.9. The molecular formula is C11H17N3O2. The summed E-state index contributed by atoms with van der Waals surface area (Å²) in [5.74, 6) is -0.878. The molecule has 0 aromatic carbocycles. The van der Waals surface area contributed by atoms with Crippen LogP contribution in [0.15, 0.2) is 12.5 Å². The van der Waals surface area contributed by atoms with Crippen LogP contribution in [0.5, 0.6) is 0 Å². The summed E-state index contributed by atoms with van der Waals surface area (Å²) in [4.78, 5) is 17.2. The second-order valence-electron chi connectivity index (χ2n) is 4.41. The average molecular weight is 223 g/mol. The molecule has 1 atom stereocenters. The first-order chi connectivity index (χ1) is 7.66. The van der Waals surface area contributed by atoms with Crippen molar-refractivity contribution in [3.05, 3.63) is 18.2 Å². The van der Waals surface area contributed by atoms with Crippen molar-refractivity contribution < 1.29 is 9.90 Å². The molecule has 0 saturated carbocycles. The summed E-state index contributed by atoms with van der Waals surface area (Å²) in [6.07, 6.45) is 5.38. The Morgan fingerprint density at radius 2 is 2.50 bits per heavy atom. The summed E-state index contributed by atoms with van der Waals surface area (Å²) in [6, 6.07) is 0. The zero-order chi connectivity index (χ0) is 11.5. The van der Waals surface area contributed by atoms with Crippen molar-refractivity contribution in [1.82, 2.24) is 14.5 Å². The van der Waals surface area contributed by atoms with Crippen LogP contribution in [0.4, 0.5) is 0 Å². The second-order valence-corrected chi connectivity index (χ2v) is 4.41. The maximum Gasteiger partial charge on any atom is 0.307 e. The minimum atomic E-state index is -0.672. The largest absolute Gasteiger partial charge is 0.481 e. The van der Waals surface area contributed by atoms with Crippen molar-refractivity contribution in [1.29, 1.82) is 0 Å². The molecule has 2 rings (SSSR count). The number of carboxylic acid groups (broad SMARTS) is 1. The Kier molecular flexibility index (Phi) is 3.24. The van der Waals surface area contributed by atoms with Gasteiger partial charge in [0, 0.05) is 26.3 Å². The number of nitrogens with zero attached hydrogens (tertiary/aromatic N) is 3. The van der Waals surface area contributed by atoms with E-state index in [1.165, 1.54) is 0 Å². The van der Waals surface area contributed by atoms with Crippen LogP contribution in [0.2, 0.25) is 0 Å². The number of piperidine rings is 1. The molecule has 5 nitrogen and oxygen atoms in total. The van der Waals surface area contributed by atoms with Crippen molar-refractivity contribution in [2.75, 3.05) is 13.1 Å². The summed E-state index contributed by atoms with van der Waals surface area (Å²) in [6.45, 7) is 2.43. The van der Waals surface area contributed by atoms with Gasteiger partial charge in [0.15, 0.2) is 0 Å². The smallest absolute Gasteiger partial charge is 0.307 e. The molecule has 1 N–H and O–H groups in total. The molecule has 1 aromatic heterocycles.